The lowest BCUT2D eigenvalue weighted by Gasteiger charge is -2.06. The molecule has 2 rings (SSSR count). The predicted octanol–water partition coefficient (Wildman–Crippen LogP) is 2.81. The molecule has 0 radical (unpaired) electrons. The molecule has 0 amide bonds. The first kappa shape index (κ1) is 13.3. The minimum atomic E-state index is -0.766. The number of hydrogen-bond acceptors (Lipinski definition) is 2. The standard InChI is InChI=1S/C15H18N2O2/c1-10-11(2)16-17(12(10)3)14-7-4-13(5-8-14)6-9-15(18)19/h4-5,7-8H,6,9H2,1-3H3,(H,18,19). The van der Waals surface area contributed by atoms with Gasteiger partial charge in [-0.15, -0.1) is 0 Å². The van der Waals surface area contributed by atoms with Crippen LogP contribution in [0.1, 0.15) is 28.9 Å². The number of carboxylic acid groups (broad SMARTS) is 1. The van der Waals surface area contributed by atoms with Gasteiger partial charge < -0.3 is 5.11 Å². The van der Waals surface area contributed by atoms with Crippen molar-refractivity contribution in [2.45, 2.75) is 33.6 Å². The van der Waals surface area contributed by atoms with Gasteiger partial charge in [0.15, 0.2) is 0 Å². The van der Waals surface area contributed by atoms with Crippen LogP contribution in [0.15, 0.2) is 24.3 Å². The summed E-state index contributed by atoms with van der Waals surface area (Å²) < 4.78 is 1.92. The van der Waals surface area contributed by atoms with E-state index in [9.17, 15) is 4.79 Å². The van der Waals surface area contributed by atoms with E-state index in [-0.39, 0.29) is 6.42 Å². The SMILES string of the molecule is Cc1nn(-c2ccc(CCC(=O)O)cc2)c(C)c1C. The summed E-state index contributed by atoms with van der Waals surface area (Å²) in [5.74, 6) is -0.766. The van der Waals surface area contributed by atoms with Crippen molar-refractivity contribution in [2.24, 2.45) is 0 Å². The second-order valence-electron chi connectivity index (χ2n) is 4.77. The lowest BCUT2D eigenvalue weighted by molar-refractivity contribution is -0.136. The topological polar surface area (TPSA) is 55.1 Å². The van der Waals surface area contributed by atoms with E-state index in [1.807, 2.05) is 42.8 Å². The molecule has 1 N–H and O–H groups in total. The van der Waals surface area contributed by atoms with Gasteiger partial charge in [0.25, 0.3) is 0 Å². The molecule has 4 nitrogen and oxygen atoms in total. The van der Waals surface area contributed by atoms with Crippen LogP contribution in [-0.2, 0) is 11.2 Å². The smallest absolute Gasteiger partial charge is 0.303 e. The summed E-state index contributed by atoms with van der Waals surface area (Å²) in [5.41, 5.74) is 5.41. The normalized spacial score (nSPS) is 10.7. The molecular weight excluding hydrogens is 240 g/mol. The molecule has 19 heavy (non-hydrogen) atoms. The highest BCUT2D eigenvalue weighted by Crippen LogP contribution is 2.17. The summed E-state index contributed by atoms with van der Waals surface area (Å²) in [7, 11) is 0. The summed E-state index contributed by atoms with van der Waals surface area (Å²) in [4.78, 5) is 10.5. The van der Waals surface area contributed by atoms with Crippen molar-refractivity contribution < 1.29 is 9.90 Å². The van der Waals surface area contributed by atoms with Gasteiger partial charge in [-0.2, -0.15) is 5.10 Å². The molecule has 0 saturated carbocycles. The third-order valence-electron chi connectivity index (χ3n) is 3.46. The summed E-state index contributed by atoms with van der Waals surface area (Å²) in [5, 5.41) is 13.2. The van der Waals surface area contributed by atoms with E-state index in [0.29, 0.717) is 6.42 Å². The van der Waals surface area contributed by atoms with Crippen LogP contribution < -0.4 is 0 Å². The Kier molecular flexibility index (Phi) is 3.69. The summed E-state index contributed by atoms with van der Waals surface area (Å²) in [6, 6.07) is 7.89. The number of nitrogens with zero attached hydrogens (tertiary/aromatic N) is 2. The largest absolute Gasteiger partial charge is 0.481 e. The monoisotopic (exact) mass is 258 g/mol. The summed E-state index contributed by atoms with van der Waals surface area (Å²) in [6.07, 6.45) is 0.726. The second-order valence-corrected chi connectivity index (χ2v) is 4.77. The molecule has 0 fully saturated rings. The number of carbonyl (C=O) groups is 1. The number of aromatic nitrogens is 2. The molecule has 2 aromatic rings. The van der Waals surface area contributed by atoms with Crippen LogP contribution in [0, 0.1) is 20.8 Å². The molecule has 0 saturated heterocycles. The van der Waals surface area contributed by atoms with Crippen molar-refractivity contribution in [1.82, 2.24) is 9.78 Å². The summed E-state index contributed by atoms with van der Waals surface area (Å²) >= 11 is 0. The van der Waals surface area contributed by atoms with Crippen molar-refractivity contribution in [1.29, 1.82) is 0 Å². The molecule has 1 aromatic carbocycles. The molecule has 0 aliphatic heterocycles. The Balaban J connectivity index is 2.22. The van der Waals surface area contributed by atoms with Crippen LogP contribution in [0.5, 0.6) is 0 Å². The maximum Gasteiger partial charge on any atom is 0.303 e. The van der Waals surface area contributed by atoms with E-state index in [4.69, 9.17) is 5.11 Å². The Labute approximate surface area is 112 Å². The Hall–Kier alpha value is -2.10. The number of aliphatic carboxylic acids is 1. The number of aryl methyl sites for hydroxylation is 2. The number of carboxylic acids is 1. The molecule has 0 spiro atoms. The minimum absolute atomic E-state index is 0.165. The molecule has 0 aliphatic rings. The lowest BCUT2D eigenvalue weighted by atomic mass is 10.1. The van der Waals surface area contributed by atoms with Gasteiger partial charge in [-0.3, -0.25) is 4.79 Å². The average molecular weight is 258 g/mol. The quantitative estimate of drug-likeness (QED) is 0.917. The highest BCUT2D eigenvalue weighted by Gasteiger charge is 2.08. The Morgan fingerprint density at radius 1 is 1.21 bits per heavy atom. The Bertz CT molecular complexity index is 597. The van der Waals surface area contributed by atoms with Crippen molar-refractivity contribution in [3.05, 3.63) is 46.8 Å². The zero-order valence-corrected chi connectivity index (χ0v) is 11.5. The van der Waals surface area contributed by atoms with Gasteiger partial charge in [0.05, 0.1) is 11.4 Å². The first-order valence-electron chi connectivity index (χ1n) is 6.33. The van der Waals surface area contributed by atoms with E-state index >= 15 is 0 Å². The van der Waals surface area contributed by atoms with Crippen molar-refractivity contribution in [3.8, 4) is 5.69 Å². The van der Waals surface area contributed by atoms with Crippen LogP contribution in [0.4, 0.5) is 0 Å². The number of hydrogen-bond donors (Lipinski definition) is 1. The van der Waals surface area contributed by atoms with Gasteiger partial charge in [0, 0.05) is 12.1 Å². The summed E-state index contributed by atoms with van der Waals surface area (Å²) in [6.45, 7) is 6.11. The molecule has 0 bridgehead atoms. The van der Waals surface area contributed by atoms with Crippen LogP contribution in [0.3, 0.4) is 0 Å². The molecule has 1 aromatic heterocycles. The zero-order chi connectivity index (χ0) is 14.0. The van der Waals surface area contributed by atoms with Crippen LogP contribution in [-0.4, -0.2) is 20.9 Å². The van der Waals surface area contributed by atoms with E-state index in [1.165, 1.54) is 5.56 Å². The fourth-order valence-electron chi connectivity index (χ4n) is 2.03. The third-order valence-corrected chi connectivity index (χ3v) is 3.46. The van der Waals surface area contributed by atoms with Gasteiger partial charge in [-0.05, 0) is 50.5 Å². The first-order valence-corrected chi connectivity index (χ1v) is 6.33. The van der Waals surface area contributed by atoms with Crippen LogP contribution in [0.25, 0.3) is 5.69 Å². The van der Waals surface area contributed by atoms with E-state index < -0.39 is 5.97 Å². The highest BCUT2D eigenvalue weighted by atomic mass is 16.4. The highest BCUT2D eigenvalue weighted by molar-refractivity contribution is 5.67. The van der Waals surface area contributed by atoms with E-state index in [0.717, 1.165) is 22.6 Å². The lowest BCUT2D eigenvalue weighted by Crippen LogP contribution is -2.00. The van der Waals surface area contributed by atoms with Crippen LogP contribution >= 0.6 is 0 Å². The number of rotatable bonds is 4. The fraction of sp³-hybridized carbons (Fsp3) is 0.333. The van der Waals surface area contributed by atoms with E-state index in [2.05, 4.69) is 12.0 Å². The maximum absolute atomic E-state index is 10.5. The fourth-order valence-corrected chi connectivity index (χ4v) is 2.03. The first-order chi connectivity index (χ1) is 8.99. The van der Waals surface area contributed by atoms with Gasteiger partial charge in [0.2, 0.25) is 0 Å². The third kappa shape index (κ3) is 2.84. The number of benzene rings is 1. The molecule has 0 unspecified atom stereocenters. The van der Waals surface area contributed by atoms with Gasteiger partial charge >= 0.3 is 5.97 Å². The van der Waals surface area contributed by atoms with E-state index in [1.54, 1.807) is 0 Å². The molecular formula is C15H18N2O2. The van der Waals surface area contributed by atoms with Crippen molar-refractivity contribution >= 4 is 5.97 Å². The Morgan fingerprint density at radius 3 is 2.32 bits per heavy atom. The molecule has 0 atom stereocenters. The zero-order valence-electron chi connectivity index (χ0n) is 11.5. The Morgan fingerprint density at radius 2 is 1.84 bits per heavy atom. The predicted molar refractivity (Wildman–Crippen MR) is 73.7 cm³/mol. The molecule has 100 valence electrons. The average Bonchev–Trinajstić information content (AvgIpc) is 2.65. The van der Waals surface area contributed by atoms with Crippen LogP contribution in [0.2, 0.25) is 0 Å². The van der Waals surface area contributed by atoms with Crippen molar-refractivity contribution in [3.63, 3.8) is 0 Å². The van der Waals surface area contributed by atoms with Gasteiger partial charge in [0.1, 0.15) is 0 Å². The van der Waals surface area contributed by atoms with Gasteiger partial charge in [-0.25, -0.2) is 4.68 Å². The minimum Gasteiger partial charge on any atom is -0.481 e. The molecule has 1 heterocycles. The second kappa shape index (κ2) is 5.26. The molecule has 0 aliphatic carbocycles. The maximum atomic E-state index is 10.5. The van der Waals surface area contributed by atoms with Gasteiger partial charge in [-0.1, -0.05) is 12.1 Å². The van der Waals surface area contributed by atoms with Crippen molar-refractivity contribution in [2.75, 3.05) is 0 Å². The molecule has 4 heteroatoms.